The van der Waals surface area contributed by atoms with E-state index < -0.39 is 0 Å². The maximum Gasteiger partial charge on any atom is 0.254 e. The summed E-state index contributed by atoms with van der Waals surface area (Å²) >= 11 is 0. The Labute approximate surface area is 125 Å². The smallest absolute Gasteiger partial charge is 0.254 e. The number of rotatable bonds is 5. The van der Waals surface area contributed by atoms with Crippen LogP contribution in [0.15, 0.2) is 24.3 Å². The highest BCUT2D eigenvalue weighted by molar-refractivity contribution is 5.94. The Morgan fingerprint density at radius 3 is 2.76 bits per heavy atom. The molecular weight excluding hydrogens is 266 g/mol. The quantitative estimate of drug-likeness (QED) is 0.805. The lowest BCUT2D eigenvalue weighted by atomic mass is 9.90. The molecule has 4 nitrogen and oxygen atoms in total. The minimum absolute atomic E-state index is 0.000739. The fraction of sp³-hybridized carbons (Fsp3) is 0.471. The van der Waals surface area contributed by atoms with Gasteiger partial charge >= 0.3 is 0 Å². The number of hydrogen-bond acceptors (Lipinski definition) is 3. The van der Waals surface area contributed by atoms with Gasteiger partial charge in [-0.05, 0) is 43.9 Å². The maximum atomic E-state index is 12.7. The number of carbonyl (C=O) groups is 1. The van der Waals surface area contributed by atoms with Gasteiger partial charge in [-0.25, -0.2) is 0 Å². The largest absolute Gasteiger partial charge is 0.396 e. The molecule has 0 spiro atoms. The van der Waals surface area contributed by atoms with Crippen LogP contribution in [-0.4, -0.2) is 46.8 Å². The highest BCUT2D eigenvalue weighted by atomic mass is 16.3. The van der Waals surface area contributed by atoms with Gasteiger partial charge in [-0.3, -0.25) is 4.79 Å². The van der Waals surface area contributed by atoms with E-state index in [1.807, 2.05) is 11.0 Å². The van der Waals surface area contributed by atoms with Crippen molar-refractivity contribution >= 4 is 5.91 Å². The molecule has 0 saturated heterocycles. The van der Waals surface area contributed by atoms with E-state index >= 15 is 0 Å². The van der Waals surface area contributed by atoms with Gasteiger partial charge in [0.05, 0.1) is 0 Å². The first-order chi connectivity index (χ1) is 10.3. The average Bonchev–Trinajstić information content (AvgIpc) is 2.47. The number of amides is 1. The van der Waals surface area contributed by atoms with Crippen molar-refractivity contribution in [2.24, 2.45) is 0 Å². The lowest BCUT2D eigenvalue weighted by Gasteiger charge is -2.37. The zero-order valence-electron chi connectivity index (χ0n) is 12.1. The van der Waals surface area contributed by atoms with Gasteiger partial charge in [-0.15, -0.1) is 0 Å². The summed E-state index contributed by atoms with van der Waals surface area (Å²) in [4.78, 5) is 14.5. The van der Waals surface area contributed by atoms with Gasteiger partial charge in [-0.1, -0.05) is 17.9 Å². The highest BCUT2D eigenvalue weighted by Crippen LogP contribution is 2.26. The first kappa shape index (κ1) is 15.6. The van der Waals surface area contributed by atoms with Crippen molar-refractivity contribution in [2.45, 2.75) is 31.7 Å². The maximum absolute atomic E-state index is 12.7. The molecule has 4 heteroatoms. The van der Waals surface area contributed by atoms with Crippen LogP contribution < -0.4 is 0 Å². The topological polar surface area (TPSA) is 60.8 Å². The van der Waals surface area contributed by atoms with E-state index in [1.54, 1.807) is 18.2 Å². The van der Waals surface area contributed by atoms with Crippen LogP contribution in [0.2, 0.25) is 0 Å². The van der Waals surface area contributed by atoms with Gasteiger partial charge in [0.1, 0.15) is 6.61 Å². The molecule has 2 N–H and O–H groups in total. The minimum Gasteiger partial charge on any atom is -0.396 e. The predicted octanol–water partition coefficient (Wildman–Crippen LogP) is 1.41. The summed E-state index contributed by atoms with van der Waals surface area (Å²) in [7, 11) is 0. The minimum atomic E-state index is -0.192. The van der Waals surface area contributed by atoms with Crippen molar-refractivity contribution in [3.8, 4) is 11.8 Å². The third-order valence-electron chi connectivity index (χ3n) is 3.75. The molecule has 0 radical (unpaired) electrons. The van der Waals surface area contributed by atoms with Crippen molar-refractivity contribution in [2.75, 3.05) is 19.8 Å². The molecule has 0 aromatic heterocycles. The van der Waals surface area contributed by atoms with Gasteiger partial charge in [0.2, 0.25) is 0 Å². The zero-order valence-corrected chi connectivity index (χ0v) is 12.1. The predicted molar refractivity (Wildman–Crippen MR) is 80.8 cm³/mol. The van der Waals surface area contributed by atoms with Gasteiger partial charge in [0.15, 0.2) is 0 Å². The number of aliphatic hydroxyl groups is 2. The van der Waals surface area contributed by atoms with E-state index in [9.17, 15) is 4.79 Å². The molecule has 1 amide bonds. The summed E-state index contributed by atoms with van der Waals surface area (Å²) in [6.07, 6.45) is 3.85. The third kappa shape index (κ3) is 4.07. The van der Waals surface area contributed by atoms with E-state index in [2.05, 4.69) is 11.8 Å². The van der Waals surface area contributed by atoms with E-state index in [1.165, 1.54) is 0 Å². The normalized spacial score (nSPS) is 14.0. The molecule has 1 fully saturated rings. The van der Waals surface area contributed by atoms with Gasteiger partial charge in [0, 0.05) is 30.3 Å². The van der Waals surface area contributed by atoms with Gasteiger partial charge < -0.3 is 15.1 Å². The zero-order chi connectivity index (χ0) is 15.1. The molecule has 1 aliphatic carbocycles. The Morgan fingerprint density at radius 2 is 2.14 bits per heavy atom. The molecule has 2 rings (SSSR count). The van der Waals surface area contributed by atoms with Crippen LogP contribution in [-0.2, 0) is 0 Å². The van der Waals surface area contributed by atoms with Crippen molar-refractivity contribution in [1.29, 1.82) is 0 Å². The summed E-state index contributed by atoms with van der Waals surface area (Å²) in [5.74, 6) is 5.41. The molecule has 21 heavy (non-hydrogen) atoms. The molecule has 1 aliphatic rings. The Balaban J connectivity index is 2.15. The Kier molecular flexibility index (Phi) is 5.79. The second-order valence-corrected chi connectivity index (χ2v) is 5.20. The lowest BCUT2D eigenvalue weighted by molar-refractivity contribution is 0.0562. The molecule has 0 heterocycles. The number of carbonyl (C=O) groups excluding carboxylic acids is 1. The number of aliphatic hydroxyl groups excluding tert-OH is 2. The van der Waals surface area contributed by atoms with Crippen molar-refractivity contribution < 1.29 is 15.0 Å². The Morgan fingerprint density at radius 1 is 1.33 bits per heavy atom. The van der Waals surface area contributed by atoms with Gasteiger partial charge in [0.25, 0.3) is 5.91 Å². The van der Waals surface area contributed by atoms with Crippen LogP contribution in [0.3, 0.4) is 0 Å². The second-order valence-electron chi connectivity index (χ2n) is 5.20. The lowest BCUT2D eigenvalue weighted by Crippen LogP contribution is -2.45. The third-order valence-corrected chi connectivity index (χ3v) is 3.75. The van der Waals surface area contributed by atoms with Crippen molar-refractivity contribution in [3.63, 3.8) is 0 Å². The summed E-state index contributed by atoms with van der Waals surface area (Å²) in [5.41, 5.74) is 1.34. The van der Waals surface area contributed by atoms with E-state index in [0.29, 0.717) is 24.6 Å². The molecule has 0 unspecified atom stereocenters. The van der Waals surface area contributed by atoms with Crippen LogP contribution in [0.5, 0.6) is 0 Å². The second kappa shape index (κ2) is 7.82. The SMILES string of the molecule is O=C(c1cccc(C#CCO)c1)N(CCCO)C1CCC1. The van der Waals surface area contributed by atoms with E-state index in [4.69, 9.17) is 10.2 Å². The first-order valence-electron chi connectivity index (χ1n) is 7.38. The van der Waals surface area contributed by atoms with Crippen molar-refractivity contribution in [3.05, 3.63) is 35.4 Å². The van der Waals surface area contributed by atoms with Crippen LogP contribution in [0, 0.1) is 11.8 Å². The molecular formula is C17H21NO3. The van der Waals surface area contributed by atoms with E-state index in [-0.39, 0.29) is 19.1 Å². The molecule has 0 atom stereocenters. The number of nitrogens with zero attached hydrogens (tertiary/aromatic N) is 1. The number of hydrogen-bond donors (Lipinski definition) is 2. The molecule has 0 bridgehead atoms. The first-order valence-corrected chi connectivity index (χ1v) is 7.38. The van der Waals surface area contributed by atoms with Crippen LogP contribution in [0.25, 0.3) is 0 Å². The van der Waals surface area contributed by atoms with Gasteiger partial charge in [-0.2, -0.15) is 0 Å². The summed E-state index contributed by atoms with van der Waals surface area (Å²) in [6, 6.07) is 7.48. The van der Waals surface area contributed by atoms with Crippen molar-refractivity contribution in [1.82, 2.24) is 4.90 Å². The molecule has 112 valence electrons. The Bertz CT molecular complexity index is 540. The fourth-order valence-corrected chi connectivity index (χ4v) is 2.43. The summed E-state index contributed by atoms with van der Waals surface area (Å²) in [6.45, 7) is 0.494. The molecule has 1 aromatic carbocycles. The summed E-state index contributed by atoms with van der Waals surface area (Å²) in [5, 5.41) is 17.7. The monoisotopic (exact) mass is 287 g/mol. The molecule has 1 saturated carbocycles. The highest BCUT2D eigenvalue weighted by Gasteiger charge is 2.28. The fourth-order valence-electron chi connectivity index (χ4n) is 2.43. The number of benzene rings is 1. The average molecular weight is 287 g/mol. The molecule has 0 aliphatic heterocycles. The van der Waals surface area contributed by atoms with Crippen LogP contribution in [0.4, 0.5) is 0 Å². The van der Waals surface area contributed by atoms with Crippen LogP contribution in [0.1, 0.15) is 41.6 Å². The van der Waals surface area contributed by atoms with E-state index in [0.717, 1.165) is 24.8 Å². The summed E-state index contributed by atoms with van der Waals surface area (Å²) < 4.78 is 0. The van der Waals surface area contributed by atoms with Crippen LogP contribution >= 0.6 is 0 Å². The Hall–Kier alpha value is -1.83. The molecule has 1 aromatic rings. The standard InChI is InChI=1S/C17H21NO3/c19-11-3-6-14-5-1-7-15(13-14)17(21)18(10-4-12-20)16-8-2-9-16/h1,5,7,13,16,19-20H,2,4,8-12H2.